The number of carbonyl (C=O) groups is 1. The zero-order valence-electron chi connectivity index (χ0n) is 14.3. The molecule has 1 aromatic heterocycles. The second kappa shape index (κ2) is 9.55. The van der Waals surface area contributed by atoms with E-state index in [1.54, 1.807) is 6.20 Å². The number of rotatable bonds is 8. The molecular formula is C19H25N3O2. The molecule has 0 bridgehead atoms. The second-order valence-electron chi connectivity index (χ2n) is 6.03. The lowest BCUT2D eigenvalue weighted by Gasteiger charge is -2.10. The van der Waals surface area contributed by atoms with Crippen LogP contribution in [0.3, 0.4) is 0 Å². The molecular weight excluding hydrogens is 302 g/mol. The lowest BCUT2D eigenvalue weighted by molar-refractivity contribution is 0.240. The van der Waals surface area contributed by atoms with Gasteiger partial charge in [0.2, 0.25) is 0 Å². The zero-order valence-corrected chi connectivity index (χ0v) is 14.3. The van der Waals surface area contributed by atoms with Crippen molar-refractivity contribution >= 4 is 6.03 Å². The standard InChI is InChI=1S/C19H25N3O2/c1-15(2)14-24-18-8-6-16(7-9-18)13-22-19(23)21-12-10-17-5-3-4-11-20-17/h3-9,11,15H,10,12-14H2,1-2H3,(H2,21,22,23). The van der Waals surface area contributed by atoms with Crippen molar-refractivity contribution in [1.29, 1.82) is 0 Å². The molecule has 5 nitrogen and oxygen atoms in total. The first-order valence-corrected chi connectivity index (χ1v) is 8.27. The van der Waals surface area contributed by atoms with E-state index < -0.39 is 0 Å². The first kappa shape index (κ1) is 17.8. The summed E-state index contributed by atoms with van der Waals surface area (Å²) in [5.41, 5.74) is 2.00. The van der Waals surface area contributed by atoms with E-state index >= 15 is 0 Å². The Kier molecular flexibility index (Phi) is 7.08. The third-order valence-electron chi connectivity index (χ3n) is 3.35. The van der Waals surface area contributed by atoms with Gasteiger partial charge < -0.3 is 15.4 Å². The molecule has 0 saturated carbocycles. The third kappa shape index (κ3) is 6.69. The number of nitrogens with one attached hydrogen (secondary N) is 2. The van der Waals surface area contributed by atoms with E-state index in [-0.39, 0.29) is 6.03 Å². The third-order valence-corrected chi connectivity index (χ3v) is 3.35. The highest BCUT2D eigenvalue weighted by atomic mass is 16.5. The van der Waals surface area contributed by atoms with Gasteiger partial charge in [-0.1, -0.05) is 32.0 Å². The highest BCUT2D eigenvalue weighted by Crippen LogP contribution is 2.13. The highest BCUT2D eigenvalue weighted by Gasteiger charge is 2.02. The van der Waals surface area contributed by atoms with E-state index in [0.717, 1.165) is 23.4 Å². The van der Waals surface area contributed by atoms with Crippen LogP contribution >= 0.6 is 0 Å². The van der Waals surface area contributed by atoms with Gasteiger partial charge in [-0.05, 0) is 35.7 Å². The predicted molar refractivity (Wildman–Crippen MR) is 95.0 cm³/mol. The van der Waals surface area contributed by atoms with E-state index in [1.165, 1.54) is 0 Å². The molecule has 0 atom stereocenters. The quantitative estimate of drug-likeness (QED) is 0.783. The van der Waals surface area contributed by atoms with E-state index in [0.29, 0.717) is 25.6 Å². The van der Waals surface area contributed by atoms with Crippen LogP contribution in [0.2, 0.25) is 0 Å². The molecule has 0 aliphatic carbocycles. The Morgan fingerprint density at radius 2 is 1.92 bits per heavy atom. The molecule has 1 heterocycles. The summed E-state index contributed by atoms with van der Waals surface area (Å²) in [5.74, 6) is 1.35. The van der Waals surface area contributed by atoms with Gasteiger partial charge in [0.05, 0.1) is 6.61 Å². The molecule has 2 N–H and O–H groups in total. The Morgan fingerprint density at radius 3 is 2.58 bits per heavy atom. The van der Waals surface area contributed by atoms with Gasteiger partial charge in [0.25, 0.3) is 0 Å². The molecule has 2 amide bonds. The van der Waals surface area contributed by atoms with Crippen molar-refractivity contribution in [1.82, 2.24) is 15.6 Å². The van der Waals surface area contributed by atoms with Crippen molar-refractivity contribution in [3.05, 3.63) is 59.9 Å². The number of ether oxygens (including phenoxy) is 1. The SMILES string of the molecule is CC(C)COc1ccc(CNC(=O)NCCc2ccccn2)cc1. The van der Waals surface area contributed by atoms with Gasteiger partial charge >= 0.3 is 6.03 Å². The van der Waals surface area contributed by atoms with Crippen molar-refractivity contribution < 1.29 is 9.53 Å². The molecule has 1 aromatic carbocycles. The molecule has 24 heavy (non-hydrogen) atoms. The summed E-state index contributed by atoms with van der Waals surface area (Å²) >= 11 is 0. The Balaban J connectivity index is 1.66. The molecule has 2 aromatic rings. The van der Waals surface area contributed by atoms with Crippen LogP contribution in [0.5, 0.6) is 5.75 Å². The van der Waals surface area contributed by atoms with Crippen LogP contribution in [-0.4, -0.2) is 24.2 Å². The molecule has 0 unspecified atom stereocenters. The van der Waals surface area contributed by atoms with E-state index in [4.69, 9.17) is 4.74 Å². The molecule has 0 fully saturated rings. The normalized spacial score (nSPS) is 10.5. The summed E-state index contributed by atoms with van der Waals surface area (Å²) in [6.07, 6.45) is 2.47. The van der Waals surface area contributed by atoms with Gasteiger partial charge in [0.15, 0.2) is 0 Å². The summed E-state index contributed by atoms with van der Waals surface area (Å²) in [6, 6.07) is 13.4. The largest absolute Gasteiger partial charge is 0.493 e. The van der Waals surface area contributed by atoms with Crippen LogP contribution in [0.1, 0.15) is 25.1 Å². The van der Waals surface area contributed by atoms with Crippen molar-refractivity contribution in [3.63, 3.8) is 0 Å². The van der Waals surface area contributed by atoms with Crippen molar-refractivity contribution in [2.45, 2.75) is 26.8 Å². The van der Waals surface area contributed by atoms with Gasteiger partial charge in [0, 0.05) is 31.4 Å². The smallest absolute Gasteiger partial charge is 0.315 e. The zero-order chi connectivity index (χ0) is 17.2. The Morgan fingerprint density at radius 1 is 1.12 bits per heavy atom. The Hall–Kier alpha value is -2.56. The number of urea groups is 1. The average molecular weight is 327 g/mol. The van der Waals surface area contributed by atoms with Gasteiger partial charge in [-0.2, -0.15) is 0 Å². The first-order valence-electron chi connectivity index (χ1n) is 8.27. The molecule has 128 valence electrons. The second-order valence-corrected chi connectivity index (χ2v) is 6.03. The topological polar surface area (TPSA) is 63.2 Å². The van der Waals surface area contributed by atoms with Crippen LogP contribution in [-0.2, 0) is 13.0 Å². The predicted octanol–water partition coefficient (Wildman–Crippen LogP) is 3.16. The van der Waals surface area contributed by atoms with Crippen molar-refractivity contribution in [2.75, 3.05) is 13.2 Å². The first-order chi connectivity index (χ1) is 11.6. The molecule has 0 saturated heterocycles. The summed E-state index contributed by atoms with van der Waals surface area (Å²) in [7, 11) is 0. The van der Waals surface area contributed by atoms with Gasteiger partial charge in [0.1, 0.15) is 5.75 Å². The molecule has 0 spiro atoms. The average Bonchev–Trinajstić information content (AvgIpc) is 2.60. The molecule has 2 rings (SSSR count). The van der Waals surface area contributed by atoms with E-state index in [1.807, 2.05) is 42.5 Å². The van der Waals surface area contributed by atoms with Gasteiger partial charge in [-0.3, -0.25) is 4.98 Å². The monoisotopic (exact) mass is 327 g/mol. The lowest BCUT2D eigenvalue weighted by atomic mass is 10.2. The maximum absolute atomic E-state index is 11.8. The fraction of sp³-hybridized carbons (Fsp3) is 0.368. The van der Waals surface area contributed by atoms with Crippen molar-refractivity contribution in [3.8, 4) is 5.75 Å². The van der Waals surface area contributed by atoms with E-state index in [9.17, 15) is 4.79 Å². The van der Waals surface area contributed by atoms with Crippen LogP contribution in [0.15, 0.2) is 48.7 Å². The minimum atomic E-state index is -0.175. The fourth-order valence-electron chi connectivity index (χ4n) is 2.06. The molecule has 5 heteroatoms. The lowest BCUT2D eigenvalue weighted by Crippen LogP contribution is -2.36. The fourth-order valence-corrected chi connectivity index (χ4v) is 2.06. The Labute approximate surface area is 143 Å². The minimum Gasteiger partial charge on any atom is -0.493 e. The number of pyridine rings is 1. The number of benzene rings is 1. The van der Waals surface area contributed by atoms with Crippen LogP contribution in [0.25, 0.3) is 0 Å². The van der Waals surface area contributed by atoms with Crippen molar-refractivity contribution in [2.24, 2.45) is 5.92 Å². The Bertz CT molecular complexity index is 612. The van der Waals surface area contributed by atoms with Crippen LogP contribution < -0.4 is 15.4 Å². The maximum Gasteiger partial charge on any atom is 0.315 e. The van der Waals surface area contributed by atoms with Gasteiger partial charge in [-0.15, -0.1) is 0 Å². The number of hydrogen-bond acceptors (Lipinski definition) is 3. The summed E-state index contributed by atoms with van der Waals surface area (Å²) in [5, 5.41) is 5.67. The number of carbonyl (C=O) groups excluding carboxylic acids is 1. The maximum atomic E-state index is 11.8. The molecule has 0 aliphatic rings. The van der Waals surface area contributed by atoms with Crippen LogP contribution in [0.4, 0.5) is 4.79 Å². The summed E-state index contributed by atoms with van der Waals surface area (Å²) in [6.45, 7) is 5.98. The molecule has 0 aliphatic heterocycles. The summed E-state index contributed by atoms with van der Waals surface area (Å²) in [4.78, 5) is 16.0. The summed E-state index contributed by atoms with van der Waals surface area (Å²) < 4.78 is 5.64. The van der Waals surface area contributed by atoms with Gasteiger partial charge in [-0.25, -0.2) is 4.79 Å². The van der Waals surface area contributed by atoms with E-state index in [2.05, 4.69) is 29.5 Å². The highest BCUT2D eigenvalue weighted by molar-refractivity contribution is 5.73. The molecule has 0 radical (unpaired) electrons. The number of amides is 2. The number of hydrogen-bond donors (Lipinski definition) is 2. The number of nitrogens with zero attached hydrogens (tertiary/aromatic N) is 1. The minimum absolute atomic E-state index is 0.175. The number of aromatic nitrogens is 1. The van der Waals surface area contributed by atoms with Crippen LogP contribution in [0, 0.1) is 5.92 Å².